The molecule has 2 fully saturated rings. The Labute approximate surface area is 282 Å². The molecule has 2 aliphatic rings. The summed E-state index contributed by atoms with van der Waals surface area (Å²) in [7, 11) is 0. The van der Waals surface area contributed by atoms with Crippen molar-refractivity contribution in [2.24, 2.45) is 22.9 Å². The maximum Gasteiger partial charge on any atom is 0.338 e. The lowest BCUT2D eigenvalue weighted by molar-refractivity contribution is -0.261. The van der Waals surface area contributed by atoms with Crippen molar-refractivity contribution in [3.05, 3.63) is 118 Å². The molecule has 1 saturated heterocycles. The average molecular weight is 656 g/mol. The van der Waals surface area contributed by atoms with Gasteiger partial charge in [-0.15, -0.1) is 0 Å². The molecule has 254 valence electrons. The van der Waals surface area contributed by atoms with E-state index in [1.54, 1.807) is 48.5 Å². The van der Waals surface area contributed by atoms with Crippen LogP contribution in [0.5, 0.6) is 0 Å². The van der Waals surface area contributed by atoms with Crippen LogP contribution in [-0.4, -0.2) is 61.2 Å². The van der Waals surface area contributed by atoms with Gasteiger partial charge in [-0.1, -0.05) is 92.6 Å². The minimum atomic E-state index is -0.783. The van der Waals surface area contributed by atoms with Crippen molar-refractivity contribution in [3.8, 4) is 0 Å². The smallest absolute Gasteiger partial charge is 0.338 e. The second-order valence-corrected chi connectivity index (χ2v) is 12.8. The van der Waals surface area contributed by atoms with Crippen LogP contribution in [0.2, 0.25) is 0 Å². The molecule has 5 rings (SSSR count). The summed E-state index contributed by atoms with van der Waals surface area (Å²) in [4.78, 5) is 29.3. The molecule has 10 nitrogen and oxygen atoms in total. The molecular formula is C38H45N3O7. The molecule has 0 aromatic heterocycles. The van der Waals surface area contributed by atoms with Crippen LogP contribution < -0.4 is 0 Å². The predicted octanol–water partition coefficient (Wildman–Crippen LogP) is 7.58. The quantitative estimate of drug-likeness (QED) is 0.0851. The highest BCUT2D eigenvalue weighted by molar-refractivity contribution is 5.89. The zero-order chi connectivity index (χ0) is 34.0. The fraction of sp³-hybridized carbons (Fsp3) is 0.474. The van der Waals surface area contributed by atoms with Gasteiger partial charge in [0.1, 0.15) is 12.2 Å². The monoisotopic (exact) mass is 655 g/mol. The molecule has 1 saturated carbocycles. The molecule has 4 unspecified atom stereocenters. The third kappa shape index (κ3) is 8.44. The molecule has 3 aromatic carbocycles. The molecule has 10 atom stereocenters. The fourth-order valence-corrected chi connectivity index (χ4v) is 6.84. The molecule has 10 heteroatoms. The van der Waals surface area contributed by atoms with E-state index in [0.717, 1.165) is 5.56 Å². The van der Waals surface area contributed by atoms with Crippen LogP contribution in [0.15, 0.2) is 96.1 Å². The Bertz CT molecular complexity index is 1520. The number of azide groups is 1. The average Bonchev–Trinajstić information content (AvgIpc) is 3.12. The number of carbonyl (C=O) groups is 2. The van der Waals surface area contributed by atoms with Gasteiger partial charge < -0.3 is 23.7 Å². The van der Waals surface area contributed by atoms with Crippen LogP contribution in [0.1, 0.15) is 66.8 Å². The van der Waals surface area contributed by atoms with Crippen molar-refractivity contribution in [1.29, 1.82) is 0 Å². The van der Waals surface area contributed by atoms with Gasteiger partial charge in [-0.2, -0.15) is 0 Å². The van der Waals surface area contributed by atoms with Gasteiger partial charge in [-0.25, -0.2) is 9.59 Å². The standard InChI is InChI=1S/C38H45N3O7/c1-5-31-35(47-32-21-30(24(2)25(3)33(32)40-41-39)23-45-37(42)28-17-11-7-12-18-28)36(44-22-27-15-9-6-10-16-27)34(26(4)46-31)48-38(43)29-19-13-8-14-20-29/h6-20,24-26,30-36H,5,21-23H2,1-4H3/t24-,25-,26+,30?,31?,32+,33?,34?,35+,36-/m0/s1. The van der Waals surface area contributed by atoms with Crippen molar-refractivity contribution in [3.63, 3.8) is 0 Å². The summed E-state index contributed by atoms with van der Waals surface area (Å²) in [5, 5.41) is 4.21. The number of benzene rings is 3. The highest BCUT2D eigenvalue weighted by Gasteiger charge is 2.50. The van der Waals surface area contributed by atoms with Crippen LogP contribution in [-0.2, 0) is 30.3 Å². The van der Waals surface area contributed by atoms with E-state index in [2.05, 4.69) is 16.9 Å². The Morgan fingerprint density at radius 1 is 0.833 bits per heavy atom. The van der Waals surface area contributed by atoms with E-state index in [4.69, 9.17) is 23.7 Å². The Morgan fingerprint density at radius 3 is 2.04 bits per heavy atom. The van der Waals surface area contributed by atoms with Gasteiger partial charge in [0.15, 0.2) is 6.10 Å². The van der Waals surface area contributed by atoms with E-state index in [9.17, 15) is 15.1 Å². The molecule has 0 amide bonds. The van der Waals surface area contributed by atoms with Crippen LogP contribution >= 0.6 is 0 Å². The van der Waals surface area contributed by atoms with E-state index in [0.29, 0.717) is 24.0 Å². The van der Waals surface area contributed by atoms with E-state index in [-0.39, 0.29) is 43.0 Å². The summed E-state index contributed by atoms with van der Waals surface area (Å²) in [5.41, 5.74) is 11.5. The lowest BCUT2D eigenvalue weighted by Gasteiger charge is -2.49. The Morgan fingerprint density at radius 2 is 1.44 bits per heavy atom. The Kier molecular flexibility index (Phi) is 12.3. The Balaban J connectivity index is 1.42. The topological polar surface area (TPSA) is 129 Å². The predicted molar refractivity (Wildman–Crippen MR) is 180 cm³/mol. The molecule has 0 spiro atoms. The van der Waals surface area contributed by atoms with Gasteiger partial charge in [-0.05, 0) is 72.9 Å². The summed E-state index contributed by atoms with van der Waals surface area (Å²) in [6, 6.07) is 27.0. The SMILES string of the molecule is CCC1O[C@H](C)C(OC(=O)c2ccccc2)[C@H](OCc2ccccc2)[C@@H]1O[C@@H]1CC(COC(=O)c2ccccc2)[C@@H](C)[C@H](C)C1N=[N+]=[N-]. The number of carbonyl (C=O) groups excluding carboxylic acids is 2. The van der Waals surface area contributed by atoms with Crippen molar-refractivity contribution < 1.29 is 33.3 Å². The summed E-state index contributed by atoms with van der Waals surface area (Å²) >= 11 is 0. The third-order valence-corrected chi connectivity index (χ3v) is 9.79. The van der Waals surface area contributed by atoms with Crippen LogP contribution in [0.3, 0.4) is 0 Å². The largest absolute Gasteiger partial charge is 0.462 e. The highest BCUT2D eigenvalue weighted by atomic mass is 16.6. The highest BCUT2D eigenvalue weighted by Crippen LogP contribution is 2.41. The van der Waals surface area contributed by atoms with Crippen LogP contribution in [0.25, 0.3) is 10.4 Å². The molecule has 1 heterocycles. The number of nitrogens with zero attached hydrogens (tertiary/aromatic N) is 3. The first-order valence-corrected chi connectivity index (χ1v) is 16.8. The van der Waals surface area contributed by atoms with Gasteiger partial charge in [0.2, 0.25) is 0 Å². The number of hydrogen-bond donors (Lipinski definition) is 0. The van der Waals surface area contributed by atoms with Crippen molar-refractivity contribution in [2.75, 3.05) is 6.61 Å². The van der Waals surface area contributed by atoms with Crippen molar-refractivity contribution in [1.82, 2.24) is 0 Å². The van der Waals surface area contributed by atoms with Crippen molar-refractivity contribution in [2.45, 2.75) is 89.8 Å². The lowest BCUT2D eigenvalue weighted by atomic mass is 9.70. The molecule has 0 bridgehead atoms. The molecule has 3 aromatic rings. The first kappa shape index (κ1) is 35.1. The number of rotatable bonds is 12. The second-order valence-electron chi connectivity index (χ2n) is 12.8. The maximum atomic E-state index is 13.3. The summed E-state index contributed by atoms with van der Waals surface area (Å²) < 4.78 is 32.0. The van der Waals surface area contributed by atoms with Crippen LogP contribution in [0, 0.1) is 17.8 Å². The molecule has 1 aliphatic heterocycles. The third-order valence-electron chi connectivity index (χ3n) is 9.79. The van der Waals surface area contributed by atoms with Crippen LogP contribution in [0.4, 0.5) is 0 Å². The van der Waals surface area contributed by atoms with E-state index in [1.165, 1.54) is 0 Å². The normalized spacial score (nSPS) is 30.1. The van der Waals surface area contributed by atoms with Gasteiger partial charge in [0, 0.05) is 4.91 Å². The molecular weight excluding hydrogens is 610 g/mol. The minimum Gasteiger partial charge on any atom is -0.462 e. The summed E-state index contributed by atoms with van der Waals surface area (Å²) in [5.74, 6) is -0.910. The summed E-state index contributed by atoms with van der Waals surface area (Å²) in [6.07, 6.45) is -2.43. The number of hydrogen-bond acceptors (Lipinski definition) is 8. The zero-order valence-corrected chi connectivity index (χ0v) is 28.0. The molecule has 1 aliphatic carbocycles. The van der Waals surface area contributed by atoms with Crippen molar-refractivity contribution >= 4 is 11.9 Å². The second kappa shape index (κ2) is 16.8. The molecule has 0 N–H and O–H groups in total. The lowest BCUT2D eigenvalue weighted by Crippen LogP contribution is -2.61. The van der Waals surface area contributed by atoms with Gasteiger partial charge in [0.25, 0.3) is 0 Å². The van der Waals surface area contributed by atoms with E-state index in [1.807, 2.05) is 63.2 Å². The Hall–Kier alpha value is -4.21. The van der Waals surface area contributed by atoms with Gasteiger partial charge in [0.05, 0.1) is 48.7 Å². The minimum absolute atomic E-state index is 0.0540. The number of esters is 2. The fourth-order valence-electron chi connectivity index (χ4n) is 6.84. The number of ether oxygens (including phenoxy) is 5. The van der Waals surface area contributed by atoms with Gasteiger partial charge >= 0.3 is 11.9 Å². The molecule has 48 heavy (non-hydrogen) atoms. The zero-order valence-electron chi connectivity index (χ0n) is 28.0. The van der Waals surface area contributed by atoms with Gasteiger partial charge in [-0.3, -0.25) is 0 Å². The molecule has 0 radical (unpaired) electrons. The summed E-state index contributed by atoms with van der Waals surface area (Å²) in [6.45, 7) is 8.49. The van der Waals surface area contributed by atoms with E-state index < -0.39 is 42.5 Å². The first-order valence-electron chi connectivity index (χ1n) is 16.8. The maximum absolute atomic E-state index is 13.3. The van der Waals surface area contributed by atoms with E-state index >= 15 is 0 Å². The first-order chi connectivity index (χ1) is 23.3.